The molecule has 0 atom stereocenters. The fourth-order valence-corrected chi connectivity index (χ4v) is 2.96. The standard InChI is InChI=1S/C22H24N4O2/c1-14(2)16-10-7-8-15(3)20(16)26-22-23-13-12-19(25-22)24-18-11-6-5-9-17(18)21(27)28-4/h5-14H,1-4H3,(H2,23,24,25,26). The summed E-state index contributed by atoms with van der Waals surface area (Å²) >= 11 is 0. The molecule has 0 spiro atoms. The molecule has 0 saturated heterocycles. The Morgan fingerprint density at radius 2 is 1.82 bits per heavy atom. The third kappa shape index (κ3) is 4.28. The normalized spacial score (nSPS) is 10.6. The number of carbonyl (C=O) groups is 1. The van der Waals surface area contributed by atoms with Crippen LogP contribution in [-0.4, -0.2) is 23.0 Å². The van der Waals surface area contributed by atoms with Crippen LogP contribution in [0.3, 0.4) is 0 Å². The van der Waals surface area contributed by atoms with Crippen LogP contribution in [0.15, 0.2) is 54.7 Å². The molecule has 0 aliphatic rings. The van der Waals surface area contributed by atoms with Crippen molar-refractivity contribution >= 4 is 29.1 Å². The van der Waals surface area contributed by atoms with Crippen LogP contribution in [0, 0.1) is 6.92 Å². The summed E-state index contributed by atoms with van der Waals surface area (Å²) in [5, 5.41) is 6.52. The maximum Gasteiger partial charge on any atom is 0.339 e. The Morgan fingerprint density at radius 3 is 2.57 bits per heavy atom. The summed E-state index contributed by atoms with van der Waals surface area (Å²) < 4.78 is 4.84. The van der Waals surface area contributed by atoms with Crippen LogP contribution in [0.25, 0.3) is 0 Å². The quantitative estimate of drug-likeness (QED) is 0.577. The molecule has 0 fully saturated rings. The number of aromatic nitrogens is 2. The van der Waals surface area contributed by atoms with Gasteiger partial charge in [-0.1, -0.05) is 44.2 Å². The van der Waals surface area contributed by atoms with Gasteiger partial charge in [-0.25, -0.2) is 9.78 Å². The molecule has 144 valence electrons. The molecular formula is C22H24N4O2. The van der Waals surface area contributed by atoms with E-state index >= 15 is 0 Å². The van der Waals surface area contributed by atoms with Crippen molar-refractivity contribution in [2.75, 3.05) is 17.7 Å². The lowest BCUT2D eigenvalue weighted by molar-refractivity contribution is 0.0602. The number of hydrogen-bond acceptors (Lipinski definition) is 6. The van der Waals surface area contributed by atoms with Crippen molar-refractivity contribution in [3.8, 4) is 0 Å². The number of hydrogen-bond donors (Lipinski definition) is 2. The predicted octanol–water partition coefficient (Wildman–Crippen LogP) is 5.18. The number of nitrogens with zero attached hydrogens (tertiary/aromatic N) is 2. The Morgan fingerprint density at radius 1 is 1.04 bits per heavy atom. The molecule has 3 rings (SSSR count). The molecule has 0 aliphatic carbocycles. The Balaban J connectivity index is 1.88. The summed E-state index contributed by atoms with van der Waals surface area (Å²) in [7, 11) is 1.36. The van der Waals surface area contributed by atoms with Crippen molar-refractivity contribution in [3.63, 3.8) is 0 Å². The number of rotatable bonds is 6. The zero-order valence-electron chi connectivity index (χ0n) is 16.5. The first-order valence-electron chi connectivity index (χ1n) is 9.13. The van der Waals surface area contributed by atoms with Crippen molar-refractivity contribution in [3.05, 3.63) is 71.4 Å². The number of methoxy groups -OCH3 is 1. The number of benzene rings is 2. The first kappa shape index (κ1) is 19.4. The van der Waals surface area contributed by atoms with Crippen LogP contribution >= 0.6 is 0 Å². The van der Waals surface area contributed by atoms with Gasteiger partial charge in [0.25, 0.3) is 0 Å². The van der Waals surface area contributed by atoms with Crippen molar-refractivity contribution in [2.45, 2.75) is 26.7 Å². The van der Waals surface area contributed by atoms with Gasteiger partial charge < -0.3 is 15.4 Å². The number of anilines is 4. The Labute approximate surface area is 165 Å². The van der Waals surface area contributed by atoms with Crippen molar-refractivity contribution < 1.29 is 9.53 Å². The highest BCUT2D eigenvalue weighted by Gasteiger charge is 2.13. The zero-order valence-corrected chi connectivity index (χ0v) is 16.5. The summed E-state index contributed by atoms with van der Waals surface area (Å²) in [6.07, 6.45) is 1.67. The van der Waals surface area contributed by atoms with E-state index in [1.54, 1.807) is 30.5 Å². The molecule has 0 saturated carbocycles. The molecular weight excluding hydrogens is 352 g/mol. The lowest BCUT2D eigenvalue weighted by Gasteiger charge is -2.17. The minimum absolute atomic E-state index is 0.371. The fourth-order valence-electron chi connectivity index (χ4n) is 2.96. The van der Waals surface area contributed by atoms with Gasteiger partial charge in [-0.05, 0) is 42.2 Å². The lowest BCUT2D eigenvalue weighted by Crippen LogP contribution is -2.07. The van der Waals surface area contributed by atoms with Gasteiger partial charge in [0.05, 0.1) is 18.4 Å². The highest BCUT2D eigenvalue weighted by atomic mass is 16.5. The highest BCUT2D eigenvalue weighted by Crippen LogP contribution is 2.29. The number of carbonyl (C=O) groups excluding carboxylic acids is 1. The van der Waals surface area contributed by atoms with E-state index < -0.39 is 5.97 Å². The van der Waals surface area contributed by atoms with E-state index in [2.05, 4.69) is 59.6 Å². The SMILES string of the molecule is COC(=O)c1ccccc1Nc1ccnc(Nc2c(C)cccc2C(C)C)n1. The molecule has 6 heteroatoms. The van der Waals surface area contributed by atoms with Gasteiger partial charge in [-0.3, -0.25) is 0 Å². The van der Waals surface area contributed by atoms with Crippen LogP contribution in [0.1, 0.15) is 41.3 Å². The second kappa shape index (κ2) is 8.52. The Hall–Kier alpha value is -3.41. The van der Waals surface area contributed by atoms with Crippen LogP contribution in [-0.2, 0) is 4.74 Å². The average Bonchev–Trinajstić information content (AvgIpc) is 2.69. The van der Waals surface area contributed by atoms with Gasteiger partial charge in [0.1, 0.15) is 5.82 Å². The first-order valence-corrected chi connectivity index (χ1v) is 9.13. The number of nitrogens with one attached hydrogen (secondary N) is 2. The molecule has 0 radical (unpaired) electrons. The van der Waals surface area contributed by atoms with E-state index in [4.69, 9.17) is 4.74 Å². The summed E-state index contributed by atoms with van der Waals surface area (Å²) in [6.45, 7) is 6.37. The van der Waals surface area contributed by atoms with E-state index in [-0.39, 0.29) is 0 Å². The topological polar surface area (TPSA) is 76.1 Å². The minimum Gasteiger partial charge on any atom is -0.465 e. The molecule has 0 amide bonds. The average molecular weight is 376 g/mol. The van der Waals surface area contributed by atoms with E-state index in [1.807, 2.05) is 6.07 Å². The van der Waals surface area contributed by atoms with Gasteiger partial charge in [0, 0.05) is 11.9 Å². The second-order valence-electron chi connectivity index (χ2n) is 6.75. The predicted molar refractivity (Wildman–Crippen MR) is 112 cm³/mol. The van der Waals surface area contributed by atoms with Gasteiger partial charge in [-0.15, -0.1) is 0 Å². The number of para-hydroxylation sites is 2. The molecule has 0 aliphatic heterocycles. The lowest BCUT2D eigenvalue weighted by atomic mass is 9.98. The molecule has 28 heavy (non-hydrogen) atoms. The molecule has 2 aromatic carbocycles. The van der Waals surface area contributed by atoms with Crippen LogP contribution < -0.4 is 10.6 Å². The summed E-state index contributed by atoms with van der Waals surface area (Å²) in [6, 6.07) is 15.1. The number of aryl methyl sites for hydroxylation is 1. The monoisotopic (exact) mass is 376 g/mol. The summed E-state index contributed by atoms with van der Waals surface area (Å²) in [4.78, 5) is 20.8. The van der Waals surface area contributed by atoms with E-state index in [0.717, 1.165) is 11.3 Å². The number of esters is 1. The molecule has 1 aromatic heterocycles. The van der Waals surface area contributed by atoms with E-state index in [1.165, 1.54) is 12.7 Å². The van der Waals surface area contributed by atoms with Gasteiger partial charge in [0.2, 0.25) is 5.95 Å². The molecule has 1 heterocycles. The molecule has 3 aromatic rings. The Bertz CT molecular complexity index is 986. The van der Waals surface area contributed by atoms with Gasteiger partial charge in [-0.2, -0.15) is 4.98 Å². The summed E-state index contributed by atoms with van der Waals surface area (Å²) in [5.74, 6) is 1.03. The third-order valence-corrected chi connectivity index (χ3v) is 4.41. The largest absolute Gasteiger partial charge is 0.465 e. The molecule has 2 N–H and O–H groups in total. The van der Waals surface area contributed by atoms with Crippen molar-refractivity contribution in [2.24, 2.45) is 0 Å². The molecule has 6 nitrogen and oxygen atoms in total. The van der Waals surface area contributed by atoms with E-state index in [0.29, 0.717) is 28.9 Å². The first-order chi connectivity index (χ1) is 13.5. The second-order valence-corrected chi connectivity index (χ2v) is 6.75. The fraction of sp³-hybridized carbons (Fsp3) is 0.227. The highest BCUT2D eigenvalue weighted by molar-refractivity contribution is 5.96. The number of ether oxygens (including phenoxy) is 1. The summed E-state index contributed by atoms with van der Waals surface area (Å²) in [5.41, 5.74) is 4.42. The van der Waals surface area contributed by atoms with Crippen molar-refractivity contribution in [1.82, 2.24) is 9.97 Å². The third-order valence-electron chi connectivity index (χ3n) is 4.41. The van der Waals surface area contributed by atoms with Gasteiger partial charge >= 0.3 is 5.97 Å². The van der Waals surface area contributed by atoms with Gasteiger partial charge in [0.15, 0.2) is 0 Å². The van der Waals surface area contributed by atoms with Crippen LogP contribution in [0.5, 0.6) is 0 Å². The Kier molecular flexibility index (Phi) is 5.89. The van der Waals surface area contributed by atoms with Crippen molar-refractivity contribution in [1.29, 1.82) is 0 Å². The zero-order chi connectivity index (χ0) is 20.1. The molecule has 0 bridgehead atoms. The smallest absolute Gasteiger partial charge is 0.339 e. The van der Waals surface area contributed by atoms with E-state index in [9.17, 15) is 4.79 Å². The minimum atomic E-state index is -0.406. The molecule has 0 unspecified atom stereocenters. The maximum atomic E-state index is 12.0. The van der Waals surface area contributed by atoms with Crippen LogP contribution in [0.4, 0.5) is 23.1 Å². The maximum absolute atomic E-state index is 12.0. The van der Waals surface area contributed by atoms with Crippen LogP contribution in [0.2, 0.25) is 0 Å².